The highest BCUT2D eigenvalue weighted by Crippen LogP contribution is 2.54. The summed E-state index contributed by atoms with van der Waals surface area (Å²) in [4.78, 5) is 13.1. The minimum absolute atomic E-state index is 0.169. The maximum atomic E-state index is 10.8. The molecule has 2 N–H and O–H groups in total. The van der Waals surface area contributed by atoms with E-state index in [1.807, 2.05) is 0 Å². The molecule has 2 aliphatic carbocycles. The highest BCUT2D eigenvalue weighted by atomic mass is 16.1. The van der Waals surface area contributed by atoms with Crippen molar-refractivity contribution in [1.82, 2.24) is 4.90 Å². The van der Waals surface area contributed by atoms with Gasteiger partial charge in [0.15, 0.2) is 0 Å². The predicted octanol–water partition coefficient (Wildman–Crippen LogP) is 0.450. The number of fused-ring (bicyclic) bond motifs is 5. The van der Waals surface area contributed by atoms with Crippen LogP contribution in [0.2, 0.25) is 0 Å². The molecule has 0 spiro atoms. The number of likely N-dealkylation sites (tertiary alicyclic amines) is 1. The molecule has 0 radical (unpaired) electrons. The van der Waals surface area contributed by atoms with Gasteiger partial charge in [-0.25, -0.2) is 0 Å². The van der Waals surface area contributed by atoms with E-state index in [2.05, 4.69) is 4.90 Å². The van der Waals surface area contributed by atoms with Crippen molar-refractivity contribution in [3.05, 3.63) is 0 Å². The molecule has 0 aromatic rings. The molecule has 3 fully saturated rings. The molecule has 1 saturated heterocycles. The molecule has 2 bridgehead atoms. The number of amides is 1. The second-order valence-corrected chi connectivity index (χ2v) is 5.32. The number of rotatable bonds is 2. The highest BCUT2D eigenvalue weighted by molar-refractivity contribution is 5.75. The predicted molar refractivity (Wildman–Crippen MR) is 53.4 cm³/mol. The van der Waals surface area contributed by atoms with Gasteiger partial charge in [-0.1, -0.05) is 0 Å². The van der Waals surface area contributed by atoms with Crippen LogP contribution in [0.25, 0.3) is 0 Å². The zero-order valence-electron chi connectivity index (χ0n) is 8.48. The largest absolute Gasteiger partial charge is 0.369 e. The van der Waals surface area contributed by atoms with Gasteiger partial charge in [0.1, 0.15) is 0 Å². The fraction of sp³-hybridized carbons (Fsp3) is 0.909. The molecule has 0 aromatic carbocycles. The summed E-state index contributed by atoms with van der Waals surface area (Å²) in [6.07, 6.45) is 4.35. The zero-order chi connectivity index (χ0) is 9.71. The first-order chi connectivity index (χ1) is 6.74. The van der Waals surface area contributed by atoms with Gasteiger partial charge < -0.3 is 5.73 Å². The van der Waals surface area contributed by atoms with Crippen molar-refractivity contribution in [3.63, 3.8) is 0 Å². The zero-order valence-corrected chi connectivity index (χ0v) is 8.48. The van der Waals surface area contributed by atoms with E-state index >= 15 is 0 Å². The highest BCUT2D eigenvalue weighted by Gasteiger charge is 2.51. The Kier molecular flexibility index (Phi) is 1.84. The van der Waals surface area contributed by atoms with Gasteiger partial charge in [0, 0.05) is 13.1 Å². The average Bonchev–Trinajstić information content (AvgIpc) is 2.69. The summed E-state index contributed by atoms with van der Waals surface area (Å²) in [7, 11) is 0. The van der Waals surface area contributed by atoms with Gasteiger partial charge in [0.25, 0.3) is 0 Å². The number of nitrogens with zero attached hydrogens (tertiary/aromatic N) is 1. The van der Waals surface area contributed by atoms with Gasteiger partial charge >= 0.3 is 0 Å². The van der Waals surface area contributed by atoms with Crippen LogP contribution in [0.4, 0.5) is 0 Å². The van der Waals surface area contributed by atoms with Crippen LogP contribution in [0.5, 0.6) is 0 Å². The molecular weight excluding hydrogens is 176 g/mol. The number of primary amides is 1. The first-order valence-corrected chi connectivity index (χ1v) is 5.74. The number of carbonyl (C=O) groups is 1. The third kappa shape index (κ3) is 1.18. The maximum Gasteiger partial charge on any atom is 0.231 e. The molecular formula is C11H18N2O. The van der Waals surface area contributed by atoms with Crippen molar-refractivity contribution in [2.75, 3.05) is 19.6 Å². The van der Waals surface area contributed by atoms with E-state index < -0.39 is 0 Å². The molecule has 3 rings (SSSR count). The van der Waals surface area contributed by atoms with Crippen molar-refractivity contribution >= 4 is 5.91 Å². The number of hydrogen-bond acceptors (Lipinski definition) is 2. The Labute approximate surface area is 84.6 Å². The van der Waals surface area contributed by atoms with Crippen LogP contribution in [0, 0.1) is 23.7 Å². The second-order valence-electron chi connectivity index (χ2n) is 5.32. The molecule has 78 valence electrons. The fourth-order valence-corrected chi connectivity index (χ4v) is 4.12. The summed E-state index contributed by atoms with van der Waals surface area (Å²) >= 11 is 0. The van der Waals surface area contributed by atoms with Crippen LogP contribution in [-0.2, 0) is 4.79 Å². The Hall–Kier alpha value is -0.570. The van der Waals surface area contributed by atoms with Crippen molar-refractivity contribution < 1.29 is 4.79 Å². The summed E-state index contributed by atoms with van der Waals surface area (Å²) < 4.78 is 0. The van der Waals surface area contributed by atoms with Gasteiger partial charge in [-0.3, -0.25) is 9.69 Å². The summed E-state index contributed by atoms with van der Waals surface area (Å²) in [5.74, 6) is 3.57. The van der Waals surface area contributed by atoms with Gasteiger partial charge in [-0.2, -0.15) is 0 Å². The first kappa shape index (κ1) is 8.72. The van der Waals surface area contributed by atoms with E-state index in [0.29, 0.717) is 6.54 Å². The SMILES string of the molecule is NC(=O)CN1C[C@@H]2C3CCC(C3)[C@@H]2C1. The lowest BCUT2D eigenvalue weighted by molar-refractivity contribution is -0.119. The topological polar surface area (TPSA) is 46.3 Å². The smallest absolute Gasteiger partial charge is 0.231 e. The molecule has 2 saturated carbocycles. The van der Waals surface area contributed by atoms with Crippen molar-refractivity contribution in [2.24, 2.45) is 29.4 Å². The molecule has 3 aliphatic rings. The third-order valence-corrected chi connectivity index (χ3v) is 4.59. The van der Waals surface area contributed by atoms with Crippen LogP contribution < -0.4 is 5.73 Å². The van der Waals surface area contributed by atoms with Crippen molar-refractivity contribution in [3.8, 4) is 0 Å². The third-order valence-electron chi connectivity index (χ3n) is 4.59. The van der Waals surface area contributed by atoms with Crippen molar-refractivity contribution in [2.45, 2.75) is 19.3 Å². The molecule has 1 aliphatic heterocycles. The Morgan fingerprint density at radius 2 is 1.79 bits per heavy atom. The molecule has 3 nitrogen and oxygen atoms in total. The van der Waals surface area contributed by atoms with Gasteiger partial charge in [0.05, 0.1) is 6.54 Å². The van der Waals surface area contributed by atoms with E-state index in [9.17, 15) is 4.79 Å². The Bertz CT molecular complexity index is 248. The molecule has 14 heavy (non-hydrogen) atoms. The lowest BCUT2D eigenvalue weighted by Crippen LogP contribution is -2.33. The Balaban J connectivity index is 1.68. The summed E-state index contributed by atoms with van der Waals surface area (Å²) in [5.41, 5.74) is 5.23. The summed E-state index contributed by atoms with van der Waals surface area (Å²) in [6.45, 7) is 2.75. The summed E-state index contributed by atoms with van der Waals surface area (Å²) in [5, 5.41) is 0. The molecule has 1 heterocycles. The lowest BCUT2D eigenvalue weighted by Gasteiger charge is -2.22. The number of carbonyl (C=O) groups excluding carboxylic acids is 1. The van der Waals surface area contributed by atoms with E-state index in [4.69, 9.17) is 5.73 Å². The van der Waals surface area contributed by atoms with Crippen LogP contribution >= 0.6 is 0 Å². The first-order valence-electron chi connectivity index (χ1n) is 5.74. The average molecular weight is 194 g/mol. The monoisotopic (exact) mass is 194 g/mol. The molecule has 1 amide bonds. The molecule has 4 atom stereocenters. The van der Waals surface area contributed by atoms with Gasteiger partial charge in [-0.15, -0.1) is 0 Å². The van der Waals surface area contributed by atoms with Crippen molar-refractivity contribution in [1.29, 1.82) is 0 Å². The minimum atomic E-state index is -0.169. The summed E-state index contributed by atoms with van der Waals surface area (Å²) in [6, 6.07) is 0. The minimum Gasteiger partial charge on any atom is -0.369 e. The second kappa shape index (κ2) is 2.96. The number of nitrogens with two attached hydrogens (primary N) is 1. The lowest BCUT2D eigenvalue weighted by atomic mass is 9.82. The van der Waals surface area contributed by atoms with Crippen LogP contribution in [0.3, 0.4) is 0 Å². The maximum absolute atomic E-state index is 10.8. The van der Waals surface area contributed by atoms with E-state index in [-0.39, 0.29) is 5.91 Å². The van der Waals surface area contributed by atoms with E-state index in [0.717, 1.165) is 36.8 Å². The van der Waals surface area contributed by atoms with Gasteiger partial charge in [-0.05, 0) is 42.9 Å². The van der Waals surface area contributed by atoms with Crippen LogP contribution in [-0.4, -0.2) is 30.4 Å². The van der Waals surface area contributed by atoms with Crippen LogP contribution in [0.1, 0.15) is 19.3 Å². The van der Waals surface area contributed by atoms with Gasteiger partial charge in [0.2, 0.25) is 5.91 Å². The quantitative estimate of drug-likeness (QED) is 0.693. The normalized spacial score (nSPS) is 45.7. The van der Waals surface area contributed by atoms with E-state index in [1.54, 1.807) is 0 Å². The Morgan fingerprint density at radius 3 is 2.29 bits per heavy atom. The van der Waals surface area contributed by atoms with Crippen LogP contribution in [0.15, 0.2) is 0 Å². The molecule has 0 aromatic heterocycles. The Morgan fingerprint density at radius 1 is 1.21 bits per heavy atom. The standard InChI is InChI=1S/C11H18N2O/c12-11(14)6-13-4-9-7-1-2-8(3-7)10(9)5-13/h7-10H,1-6H2,(H2,12,14)/t7?,8?,9-,10+. The molecule has 2 unspecified atom stereocenters. The number of hydrogen-bond donors (Lipinski definition) is 1. The fourth-order valence-electron chi connectivity index (χ4n) is 4.12. The molecule has 3 heteroatoms. The van der Waals surface area contributed by atoms with E-state index in [1.165, 1.54) is 19.3 Å².